The SMILES string of the molecule is CC[C@@]12CCC3(O1)C(C(=O)Nc1ccccc1Cl)N([C@H](CO)c1ccccc1)C(=O)[C@@H]3[C@@H]2C(=O)NCc1ccccc1. The highest BCUT2D eigenvalue weighted by Crippen LogP contribution is 2.65. The van der Waals surface area contributed by atoms with Crippen LogP contribution < -0.4 is 10.6 Å². The lowest BCUT2D eigenvalue weighted by Crippen LogP contribution is -2.54. The van der Waals surface area contributed by atoms with Gasteiger partial charge in [-0.3, -0.25) is 14.4 Å². The molecule has 2 unspecified atom stereocenters. The Balaban J connectivity index is 1.41. The van der Waals surface area contributed by atoms with Gasteiger partial charge in [-0.05, 0) is 42.5 Å². The van der Waals surface area contributed by atoms with Gasteiger partial charge in [0.05, 0.1) is 40.8 Å². The van der Waals surface area contributed by atoms with Gasteiger partial charge in [-0.15, -0.1) is 0 Å². The minimum absolute atomic E-state index is 0.270. The average molecular weight is 588 g/mol. The lowest BCUT2D eigenvalue weighted by Gasteiger charge is -2.37. The molecule has 0 saturated carbocycles. The molecular weight excluding hydrogens is 554 g/mol. The van der Waals surface area contributed by atoms with E-state index in [0.29, 0.717) is 42.1 Å². The van der Waals surface area contributed by atoms with E-state index < -0.39 is 47.6 Å². The number of benzene rings is 3. The molecule has 6 rings (SSSR count). The van der Waals surface area contributed by atoms with Crippen molar-refractivity contribution in [2.75, 3.05) is 11.9 Å². The van der Waals surface area contributed by atoms with Crippen LogP contribution in [0.25, 0.3) is 0 Å². The van der Waals surface area contributed by atoms with Crippen molar-refractivity contribution in [2.24, 2.45) is 11.8 Å². The van der Waals surface area contributed by atoms with Crippen LogP contribution in [0.5, 0.6) is 0 Å². The number of amides is 3. The Bertz CT molecular complexity index is 1490. The van der Waals surface area contributed by atoms with Crippen LogP contribution in [-0.4, -0.2) is 51.6 Å². The van der Waals surface area contributed by atoms with Gasteiger partial charge in [0.15, 0.2) is 0 Å². The van der Waals surface area contributed by atoms with Crippen molar-refractivity contribution in [3.8, 4) is 0 Å². The van der Waals surface area contributed by atoms with E-state index >= 15 is 0 Å². The molecule has 3 amide bonds. The van der Waals surface area contributed by atoms with E-state index in [0.717, 1.165) is 5.56 Å². The first-order chi connectivity index (χ1) is 20.3. The van der Waals surface area contributed by atoms with Gasteiger partial charge in [-0.25, -0.2) is 0 Å². The van der Waals surface area contributed by atoms with E-state index in [9.17, 15) is 19.5 Å². The number of anilines is 1. The van der Waals surface area contributed by atoms with Crippen molar-refractivity contribution in [3.63, 3.8) is 0 Å². The first kappa shape index (κ1) is 28.4. The van der Waals surface area contributed by atoms with Crippen LogP contribution in [-0.2, 0) is 25.7 Å². The number of carbonyl (C=O) groups is 3. The highest BCUT2D eigenvalue weighted by atomic mass is 35.5. The van der Waals surface area contributed by atoms with Crippen LogP contribution in [0.4, 0.5) is 5.69 Å². The van der Waals surface area contributed by atoms with Crippen molar-refractivity contribution >= 4 is 35.0 Å². The number of hydrogen-bond acceptors (Lipinski definition) is 5. The Hall–Kier alpha value is -3.72. The molecule has 2 bridgehead atoms. The summed E-state index contributed by atoms with van der Waals surface area (Å²) in [7, 11) is 0. The Kier molecular flexibility index (Phi) is 7.55. The number of halogens is 1. The number of hydrogen-bond donors (Lipinski definition) is 3. The summed E-state index contributed by atoms with van der Waals surface area (Å²) >= 11 is 6.39. The fourth-order valence-electron chi connectivity index (χ4n) is 7.38. The van der Waals surface area contributed by atoms with E-state index in [1.807, 2.05) is 67.6 Å². The topological polar surface area (TPSA) is 108 Å². The van der Waals surface area contributed by atoms with Crippen LogP contribution >= 0.6 is 11.6 Å². The summed E-state index contributed by atoms with van der Waals surface area (Å²) in [5.41, 5.74) is -0.0832. The maximum absolute atomic E-state index is 14.6. The number of para-hydroxylation sites is 1. The minimum atomic E-state index is -1.24. The predicted octanol–water partition coefficient (Wildman–Crippen LogP) is 4.48. The molecule has 3 aliphatic rings. The van der Waals surface area contributed by atoms with Crippen LogP contribution in [0.15, 0.2) is 84.9 Å². The molecule has 1 spiro atoms. The van der Waals surface area contributed by atoms with E-state index in [2.05, 4.69) is 10.6 Å². The molecule has 8 nitrogen and oxygen atoms in total. The molecule has 9 heteroatoms. The molecule has 218 valence electrons. The van der Waals surface area contributed by atoms with Gasteiger partial charge in [0.1, 0.15) is 11.6 Å². The predicted molar refractivity (Wildman–Crippen MR) is 158 cm³/mol. The average Bonchev–Trinajstić information content (AvgIpc) is 3.62. The zero-order valence-electron chi connectivity index (χ0n) is 23.3. The molecule has 0 aromatic heterocycles. The number of likely N-dealkylation sites (tertiary alicyclic amines) is 1. The molecule has 42 heavy (non-hydrogen) atoms. The molecule has 3 aromatic rings. The van der Waals surface area contributed by atoms with Gasteiger partial charge in [-0.2, -0.15) is 0 Å². The lowest BCUT2D eigenvalue weighted by atomic mass is 9.65. The van der Waals surface area contributed by atoms with Crippen molar-refractivity contribution < 1.29 is 24.2 Å². The highest BCUT2D eigenvalue weighted by molar-refractivity contribution is 6.33. The molecule has 3 aliphatic heterocycles. The van der Waals surface area contributed by atoms with Gasteiger partial charge in [0, 0.05) is 6.54 Å². The highest BCUT2D eigenvalue weighted by Gasteiger charge is 2.79. The van der Waals surface area contributed by atoms with Crippen LogP contribution in [0, 0.1) is 11.8 Å². The third kappa shape index (κ3) is 4.49. The zero-order chi connectivity index (χ0) is 29.5. The van der Waals surface area contributed by atoms with Crippen LogP contribution in [0.3, 0.4) is 0 Å². The Labute approximate surface area is 250 Å². The van der Waals surface area contributed by atoms with Crippen molar-refractivity contribution in [3.05, 3.63) is 101 Å². The Morgan fingerprint density at radius 2 is 1.67 bits per heavy atom. The van der Waals surface area contributed by atoms with Gasteiger partial charge in [0.25, 0.3) is 0 Å². The Morgan fingerprint density at radius 3 is 2.33 bits per heavy atom. The molecule has 0 aliphatic carbocycles. The van der Waals surface area contributed by atoms with E-state index in [-0.39, 0.29) is 11.8 Å². The fourth-order valence-corrected chi connectivity index (χ4v) is 7.56. The molecule has 3 aromatic carbocycles. The molecule has 6 atom stereocenters. The Morgan fingerprint density at radius 1 is 1.00 bits per heavy atom. The number of ether oxygens (including phenoxy) is 1. The van der Waals surface area contributed by atoms with Crippen molar-refractivity contribution in [2.45, 2.75) is 56.0 Å². The molecule has 3 N–H and O–H groups in total. The summed E-state index contributed by atoms with van der Waals surface area (Å²) in [5.74, 6) is -2.78. The second-order valence-electron chi connectivity index (χ2n) is 11.4. The third-order valence-corrected chi connectivity index (χ3v) is 9.61. The molecule has 3 fully saturated rings. The van der Waals surface area contributed by atoms with Gasteiger partial charge in [0.2, 0.25) is 17.7 Å². The number of carbonyl (C=O) groups excluding carboxylic acids is 3. The van der Waals surface area contributed by atoms with Crippen LogP contribution in [0.1, 0.15) is 43.4 Å². The first-order valence-electron chi connectivity index (χ1n) is 14.4. The van der Waals surface area contributed by atoms with Gasteiger partial charge >= 0.3 is 0 Å². The summed E-state index contributed by atoms with van der Waals surface area (Å²) in [6.45, 7) is 1.87. The number of nitrogens with zero attached hydrogens (tertiary/aromatic N) is 1. The monoisotopic (exact) mass is 587 g/mol. The second-order valence-corrected chi connectivity index (χ2v) is 11.8. The summed E-state index contributed by atoms with van der Waals surface area (Å²) in [6.07, 6.45) is 1.49. The summed E-state index contributed by atoms with van der Waals surface area (Å²) in [6, 6.07) is 23.7. The smallest absolute Gasteiger partial charge is 0.250 e. The molecule has 3 heterocycles. The first-order valence-corrected chi connectivity index (χ1v) is 14.8. The fraction of sp³-hybridized carbons (Fsp3) is 0.364. The third-order valence-electron chi connectivity index (χ3n) is 9.28. The number of aliphatic hydroxyl groups is 1. The van der Waals surface area contributed by atoms with Crippen molar-refractivity contribution in [1.82, 2.24) is 10.2 Å². The molecule has 3 saturated heterocycles. The van der Waals surface area contributed by atoms with E-state index in [1.165, 1.54) is 4.90 Å². The number of fused-ring (bicyclic) bond motifs is 1. The number of aliphatic hydroxyl groups excluding tert-OH is 1. The van der Waals surface area contributed by atoms with E-state index in [1.54, 1.807) is 24.3 Å². The van der Waals surface area contributed by atoms with Crippen LogP contribution in [0.2, 0.25) is 5.02 Å². The van der Waals surface area contributed by atoms with E-state index in [4.69, 9.17) is 16.3 Å². The lowest BCUT2D eigenvalue weighted by molar-refractivity contribution is -0.149. The summed E-state index contributed by atoms with van der Waals surface area (Å²) in [5, 5.41) is 17.0. The number of rotatable bonds is 9. The normalized spacial score (nSPS) is 28.4. The molecule has 0 radical (unpaired) electrons. The minimum Gasteiger partial charge on any atom is -0.394 e. The molecular formula is C33H34ClN3O5. The number of nitrogens with one attached hydrogen (secondary N) is 2. The van der Waals surface area contributed by atoms with Gasteiger partial charge in [-0.1, -0.05) is 91.3 Å². The summed E-state index contributed by atoms with van der Waals surface area (Å²) in [4.78, 5) is 44.2. The second kappa shape index (κ2) is 11.2. The quantitative estimate of drug-likeness (QED) is 0.342. The largest absolute Gasteiger partial charge is 0.394 e. The van der Waals surface area contributed by atoms with Crippen molar-refractivity contribution in [1.29, 1.82) is 0 Å². The maximum Gasteiger partial charge on any atom is 0.250 e. The maximum atomic E-state index is 14.6. The summed E-state index contributed by atoms with van der Waals surface area (Å²) < 4.78 is 6.84. The van der Waals surface area contributed by atoms with Gasteiger partial charge < -0.3 is 25.4 Å². The standard InChI is InChI=1S/C33H34ClN3O5/c1-2-32-17-18-33(42-32)27(26(32)29(39)35-19-21-11-5-3-6-12-21)31(41)37(25(20-38)22-13-7-4-8-14-22)28(33)30(40)36-24-16-10-9-15-23(24)34/h3-16,25-28,38H,2,17-20H2,1H3,(H,35,39)(H,36,40)/t25-,26-,27+,28?,32+,33?/m1/s1. The zero-order valence-corrected chi connectivity index (χ0v) is 24.1.